The first-order valence-corrected chi connectivity index (χ1v) is 7.50. The maximum atomic E-state index is 12.1. The van der Waals surface area contributed by atoms with Gasteiger partial charge in [-0.05, 0) is 23.4 Å². The molecule has 0 saturated carbocycles. The smallest absolute Gasteiger partial charge is 0.236 e. The second-order valence-corrected chi connectivity index (χ2v) is 5.70. The minimum Gasteiger partial charge on any atom is -0.340 e. The van der Waals surface area contributed by atoms with E-state index in [1.54, 1.807) is 11.3 Å². The van der Waals surface area contributed by atoms with Crippen LogP contribution in [0.4, 0.5) is 0 Å². The fraction of sp³-hybridized carbons (Fsp3) is 0.462. The molecular formula is C13H16N4O2S. The van der Waals surface area contributed by atoms with Crippen LogP contribution in [0.2, 0.25) is 0 Å². The van der Waals surface area contributed by atoms with Crippen LogP contribution >= 0.6 is 11.3 Å². The third-order valence-electron chi connectivity index (χ3n) is 3.36. The normalized spacial score (nSPS) is 14.3. The number of rotatable bonds is 5. The molecule has 2 aromatic heterocycles. The molecule has 2 aromatic rings. The first-order valence-electron chi connectivity index (χ1n) is 6.62. The van der Waals surface area contributed by atoms with Gasteiger partial charge in [0.25, 0.3) is 0 Å². The van der Waals surface area contributed by atoms with E-state index in [9.17, 15) is 4.79 Å². The number of carbonyl (C=O) groups excluding carboxylic acids is 1. The van der Waals surface area contributed by atoms with Crippen molar-refractivity contribution in [3.63, 3.8) is 0 Å². The number of thiophene rings is 1. The molecule has 3 heterocycles. The number of carbonyl (C=O) groups is 1. The molecule has 0 fully saturated rings. The second-order valence-electron chi connectivity index (χ2n) is 4.70. The van der Waals surface area contributed by atoms with E-state index in [-0.39, 0.29) is 5.91 Å². The summed E-state index contributed by atoms with van der Waals surface area (Å²) < 4.78 is 4.89. The Balaban J connectivity index is 1.41. The lowest BCUT2D eigenvalue weighted by Crippen LogP contribution is -2.41. The number of hydrogen-bond acceptors (Lipinski definition) is 6. The summed E-state index contributed by atoms with van der Waals surface area (Å²) in [7, 11) is 0. The highest BCUT2D eigenvalue weighted by atomic mass is 32.1. The molecule has 1 N–H and O–H groups in total. The van der Waals surface area contributed by atoms with Gasteiger partial charge in [0.15, 0.2) is 6.33 Å². The maximum Gasteiger partial charge on any atom is 0.236 e. The van der Waals surface area contributed by atoms with Gasteiger partial charge in [0, 0.05) is 30.9 Å². The zero-order chi connectivity index (χ0) is 13.8. The van der Waals surface area contributed by atoms with Crippen LogP contribution in [0, 0.1) is 0 Å². The van der Waals surface area contributed by atoms with Crippen molar-refractivity contribution < 1.29 is 9.32 Å². The average molecular weight is 292 g/mol. The number of hydrogen-bond donors (Lipinski definition) is 1. The zero-order valence-electron chi connectivity index (χ0n) is 11.0. The molecule has 7 heteroatoms. The summed E-state index contributed by atoms with van der Waals surface area (Å²) in [4.78, 5) is 19.4. The van der Waals surface area contributed by atoms with Gasteiger partial charge in [0.2, 0.25) is 11.8 Å². The lowest BCUT2D eigenvalue weighted by atomic mass is 10.1. The molecule has 3 rings (SSSR count). The van der Waals surface area contributed by atoms with Crippen LogP contribution < -0.4 is 5.32 Å². The highest BCUT2D eigenvalue weighted by molar-refractivity contribution is 7.10. The van der Waals surface area contributed by atoms with E-state index in [0.717, 1.165) is 19.5 Å². The summed E-state index contributed by atoms with van der Waals surface area (Å²) in [5.41, 5.74) is 1.29. The Morgan fingerprint density at radius 2 is 2.50 bits per heavy atom. The largest absolute Gasteiger partial charge is 0.340 e. The fourth-order valence-electron chi connectivity index (χ4n) is 2.27. The van der Waals surface area contributed by atoms with Crippen molar-refractivity contribution in [2.24, 2.45) is 0 Å². The van der Waals surface area contributed by atoms with Crippen LogP contribution in [0.1, 0.15) is 16.3 Å². The first-order chi connectivity index (χ1) is 9.83. The lowest BCUT2D eigenvalue weighted by Gasteiger charge is -2.27. The molecule has 20 heavy (non-hydrogen) atoms. The molecule has 1 amide bonds. The highest BCUT2D eigenvalue weighted by Gasteiger charge is 2.20. The Bertz CT molecular complexity index is 567. The van der Waals surface area contributed by atoms with Crippen molar-refractivity contribution >= 4 is 17.2 Å². The van der Waals surface area contributed by atoms with Crippen molar-refractivity contribution in [1.29, 1.82) is 0 Å². The van der Waals surface area contributed by atoms with Crippen LogP contribution in [0.25, 0.3) is 0 Å². The van der Waals surface area contributed by atoms with Gasteiger partial charge in [-0.25, -0.2) is 0 Å². The van der Waals surface area contributed by atoms with Crippen molar-refractivity contribution in [3.8, 4) is 0 Å². The van der Waals surface area contributed by atoms with E-state index < -0.39 is 0 Å². The number of amides is 1. The maximum absolute atomic E-state index is 12.1. The summed E-state index contributed by atoms with van der Waals surface area (Å²) in [5.74, 6) is 0.734. The van der Waals surface area contributed by atoms with Gasteiger partial charge in [0.1, 0.15) is 0 Å². The van der Waals surface area contributed by atoms with E-state index >= 15 is 0 Å². The number of nitrogens with one attached hydrogen (secondary N) is 1. The predicted molar refractivity (Wildman–Crippen MR) is 74.3 cm³/mol. The number of nitrogens with zero attached hydrogens (tertiary/aromatic N) is 3. The second kappa shape index (κ2) is 6.15. The molecule has 0 aromatic carbocycles. The van der Waals surface area contributed by atoms with E-state index in [4.69, 9.17) is 4.52 Å². The molecule has 106 valence electrons. The number of fused-ring (bicyclic) bond motifs is 1. The molecule has 0 radical (unpaired) electrons. The molecule has 1 aliphatic rings. The third kappa shape index (κ3) is 3.05. The fourth-order valence-corrected chi connectivity index (χ4v) is 3.16. The van der Waals surface area contributed by atoms with Crippen molar-refractivity contribution in [2.45, 2.75) is 19.4 Å². The highest BCUT2D eigenvalue weighted by Crippen LogP contribution is 2.23. The number of aromatic nitrogens is 2. The molecule has 6 nitrogen and oxygen atoms in total. The minimum atomic E-state index is 0.146. The van der Waals surface area contributed by atoms with Gasteiger partial charge >= 0.3 is 0 Å². The summed E-state index contributed by atoms with van der Waals surface area (Å²) in [6, 6.07) is 2.11. The lowest BCUT2D eigenvalue weighted by molar-refractivity contribution is -0.131. The summed E-state index contributed by atoms with van der Waals surface area (Å²) in [6.45, 7) is 2.57. The standard InChI is InChI=1S/C13H16N4O2S/c18-13(7-14-4-1-12-15-9-16-19-12)17-5-2-11-10(8-17)3-6-20-11/h3,6,9,14H,1-2,4-5,7-8H2. The van der Waals surface area contributed by atoms with Crippen LogP contribution in [0.15, 0.2) is 22.3 Å². The molecular weight excluding hydrogens is 276 g/mol. The van der Waals surface area contributed by atoms with Crippen molar-refractivity contribution in [2.75, 3.05) is 19.6 Å². The quantitative estimate of drug-likeness (QED) is 0.827. The minimum absolute atomic E-state index is 0.146. The Hall–Kier alpha value is -1.73. The SMILES string of the molecule is O=C(CNCCc1ncno1)N1CCc2sccc2C1. The Morgan fingerprint density at radius 1 is 1.55 bits per heavy atom. The Morgan fingerprint density at radius 3 is 3.35 bits per heavy atom. The van der Waals surface area contributed by atoms with Gasteiger partial charge in [-0.3, -0.25) is 4.79 Å². The average Bonchev–Trinajstić information content (AvgIpc) is 3.13. The van der Waals surface area contributed by atoms with E-state index in [1.165, 1.54) is 16.8 Å². The van der Waals surface area contributed by atoms with Crippen LogP contribution in [-0.2, 0) is 24.2 Å². The van der Waals surface area contributed by atoms with E-state index in [2.05, 4.69) is 26.9 Å². The molecule has 0 saturated heterocycles. The molecule has 1 aliphatic heterocycles. The van der Waals surface area contributed by atoms with Gasteiger partial charge < -0.3 is 14.7 Å². The van der Waals surface area contributed by atoms with Gasteiger partial charge in [0.05, 0.1) is 6.54 Å². The van der Waals surface area contributed by atoms with Crippen LogP contribution in [0.3, 0.4) is 0 Å². The van der Waals surface area contributed by atoms with Crippen LogP contribution in [0.5, 0.6) is 0 Å². The monoisotopic (exact) mass is 292 g/mol. The molecule has 0 bridgehead atoms. The summed E-state index contributed by atoms with van der Waals surface area (Å²) in [6.07, 6.45) is 3.00. The zero-order valence-corrected chi connectivity index (χ0v) is 11.9. The summed E-state index contributed by atoms with van der Waals surface area (Å²) in [5, 5.41) is 8.76. The van der Waals surface area contributed by atoms with Crippen molar-refractivity contribution in [1.82, 2.24) is 20.4 Å². The van der Waals surface area contributed by atoms with Crippen molar-refractivity contribution in [3.05, 3.63) is 34.1 Å². The van der Waals surface area contributed by atoms with Gasteiger partial charge in [-0.2, -0.15) is 4.98 Å². The Labute approximate surface area is 120 Å². The van der Waals surface area contributed by atoms with Gasteiger partial charge in [-0.1, -0.05) is 5.16 Å². The van der Waals surface area contributed by atoms with E-state index in [0.29, 0.717) is 25.4 Å². The first kappa shape index (κ1) is 13.3. The topological polar surface area (TPSA) is 71.3 Å². The van der Waals surface area contributed by atoms with Crippen LogP contribution in [-0.4, -0.2) is 40.6 Å². The molecule has 0 unspecified atom stereocenters. The molecule has 0 atom stereocenters. The molecule has 0 spiro atoms. The van der Waals surface area contributed by atoms with Gasteiger partial charge in [-0.15, -0.1) is 11.3 Å². The predicted octanol–water partition coefficient (Wildman–Crippen LogP) is 0.848. The van der Waals surface area contributed by atoms with E-state index in [1.807, 2.05) is 4.90 Å². The molecule has 0 aliphatic carbocycles. The third-order valence-corrected chi connectivity index (χ3v) is 4.38. The Kier molecular flexibility index (Phi) is 4.08. The summed E-state index contributed by atoms with van der Waals surface area (Å²) >= 11 is 1.78.